The van der Waals surface area contributed by atoms with Crippen LogP contribution in [0.25, 0.3) is 10.9 Å². The highest BCUT2D eigenvalue weighted by atomic mass is 35.5. The minimum Gasteiger partial charge on any atom is -0.372 e. The smallest absolute Gasteiger partial charge is 0.103 e. The summed E-state index contributed by atoms with van der Waals surface area (Å²) in [4.78, 5) is 4.51. The van der Waals surface area contributed by atoms with Crippen molar-refractivity contribution in [2.75, 3.05) is 13.2 Å². The van der Waals surface area contributed by atoms with Gasteiger partial charge in [-0.05, 0) is 43.2 Å². The lowest BCUT2D eigenvalue weighted by atomic mass is 9.98. The second kappa shape index (κ2) is 7.74. The molecule has 1 aromatic carbocycles. The summed E-state index contributed by atoms with van der Waals surface area (Å²) in [6, 6.07) is 10.0. The molecule has 0 radical (unpaired) electrons. The predicted molar refractivity (Wildman–Crippen MR) is 103 cm³/mol. The standard InChI is InChI=1S/C20H23ClN4O/c1-2-25-18(7-10-24-25)20-15(8-11-26-20)13-22-12-14-5-6-17(21)16-4-3-9-23-19(14)16/h3-7,9-10,15,20,22H,2,8,11-13H2,1H3/t15-,20+/m0/s1. The molecule has 6 heteroatoms. The maximum Gasteiger partial charge on any atom is 0.103 e. The van der Waals surface area contributed by atoms with Gasteiger partial charge in [-0.1, -0.05) is 17.7 Å². The van der Waals surface area contributed by atoms with Crippen LogP contribution in [0.2, 0.25) is 5.02 Å². The average molecular weight is 371 g/mol. The summed E-state index contributed by atoms with van der Waals surface area (Å²) in [5.74, 6) is 0.448. The highest BCUT2D eigenvalue weighted by Crippen LogP contribution is 2.34. The zero-order valence-corrected chi connectivity index (χ0v) is 15.6. The molecule has 0 spiro atoms. The van der Waals surface area contributed by atoms with Crippen molar-refractivity contribution in [1.82, 2.24) is 20.1 Å². The summed E-state index contributed by atoms with van der Waals surface area (Å²) >= 11 is 6.29. The Kier molecular flexibility index (Phi) is 5.20. The third-order valence-corrected chi connectivity index (χ3v) is 5.41. The number of nitrogens with one attached hydrogen (secondary N) is 1. The molecule has 0 amide bonds. The molecule has 0 aliphatic carbocycles. The lowest BCUT2D eigenvalue weighted by molar-refractivity contribution is 0.0830. The van der Waals surface area contributed by atoms with Crippen molar-refractivity contribution in [3.8, 4) is 0 Å². The number of halogens is 1. The van der Waals surface area contributed by atoms with Gasteiger partial charge in [0, 0.05) is 55.0 Å². The molecule has 1 N–H and O–H groups in total. The topological polar surface area (TPSA) is 52.0 Å². The van der Waals surface area contributed by atoms with E-state index in [1.165, 1.54) is 11.3 Å². The molecule has 1 aliphatic rings. The number of aryl methyl sites for hydroxylation is 1. The summed E-state index contributed by atoms with van der Waals surface area (Å²) < 4.78 is 8.04. The van der Waals surface area contributed by atoms with Crippen LogP contribution in [0.4, 0.5) is 0 Å². The van der Waals surface area contributed by atoms with E-state index in [4.69, 9.17) is 16.3 Å². The van der Waals surface area contributed by atoms with Gasteiger partial charge in [-0.2, -0.15) is 5.10 Å². The molecule has 26 heavy (non-hydrogen) atoms. The fraction of sp³-hybridized carbons (Fsp3) is 0.400. The highest BCUT2D eigenvalue weighted by Gasteiger charge is 2.31. The Morgan fingerprint density at radius 1 is 1.27 bits per heavy atom. The SMILES string of the molecule is CCn1nccc1[C@@H]1OCC[C@H]1CNCc1ccc(Cl)c2cccnc12. The molecule has 0 bridgehead atoms. The number of benzene rings is 1. The molecule has 3 aromatic rings. The Labute approximate surface area is 158 Å². The molecular weight excluding hydrogens is 348 g/mol. The maximum atomic E-state index is 6.29. The van der Waals surface area contributed by atoms with Crippen LogP contribution >= 0.6 is 11.6 Å². The molecule has 1 saturated heterocycles. The van der Waals surface area contributed by atoms with Gasteiger partial charge in [0.1, 0.15) is 6.10 Å². The van der Waals surface area contributed by atoms with Crippen LogP contribution in [0.3, 0.4) is 0 Å². The van der Waals surface area contributed by atoms with Crippen LogP contribution in [0.15, 0.2) is 42.7 Å². The van der Waals surface area contributed by atoms with Gasteiger partial charge in [-0.25, -0.2) is 0 Å². The predicted octanol–water partition coefficient (Wildman–Crippen LogP) is 3.97. The average Bonchev–Trinajstić information content (AvgIpc) is 3.32. The molecule has 0 saturated carbocycles. The van der Waals surface area contributed by atoms with E-state index in [0.29, 0.717) is 5.92 Å². The molecule has 2 aromatic heterocycles. The van der Waals surface area contributed by atoms with Crippen molar-refractivity contribution in [1.29, 1.82) is 0 Å². The molecule has 3 heterocycles. The number of rotatable bonds is 6. The second-order valence-electron chi connectivity index (χ2n) is 6.65. The van der Waals surface area contributed by atoms with Crippen molar-refractivity contribution >= 4 is 22.5 Å². The van der Waals surface area contributed by atoms with Crippen molar-refractivity contribution in [3.05, 3.63) is 59.0 Å². The molecule has 1 aliphatic heterocycles. The number of hydrogen-bond acceptors (Lipinski definition) is 4. The lowest BCUT2D eigenvalue weighted by Crippen LogP contribution is -2.26. The quantitative estimate of drug-likeness (QED) is 0.713. The number of hydrogen-bond donors (Lipinski definition) is 1. The normalized spacial score (nSPS) is 20.1. The minimum atomic E-state index is 0.116. The van der Waals surface area contributed by atoms with Gasteiger partial charge in [-0.15, -0.1) is 0 Å². The van der Waals surface area contributed by atoms with Crippen molar-refractivity contribution in [2.45, 2.75) is 32.5 Å². The van der Waals surface area contributed by atoms with E-state index in [1.807, 2.05) is 35.3 Å². The van der Waals surface area contributed by atoms with E-state index < -0.39 is 0 Å². The van der Waals surface area contributed by atoms with Gasteiger partial charge in [0.25, 0.3) is 0 Å². The Morgan fingerprint density at radius 2 is 2.19 bits per heavy atom. The second-order valence-corrected chi connectivity index (χ2v) is 7.06. The Hall–Kier alpha value is -1.95. The van der Waals surface area contributed by atoms with Gasteiger partial charge < -0.3 is 10.1 Å². The van der Waals surface area contributed by atoms with Crippen LogP contribution in [0.5, 0.6) is 0 Å². The first-order valence-corrected chi connectivity index (χ1v) is 9.52. The molecule has 0 unspecified atom stereocenters. The van der Waals surface area contributed by atoms with E-state index in [9.17, 15) is 0 Å². The Morgan fingerprint density at radius 3 is 3.08 bits per heavy atom. The summed E-state index contributed by atoms with van der Waals surface area (Å²) in [5, 5.41) is 9.72. The number of fused-ring (bicyclic) bond motifs is 1. The van der Waals surface area contributed by atoms with E-state index >= 15 is 0 Å². The Bertz CT molecular complexity index is 894. The van der Waals surface area contributed by atoms with Gasteiger partial charge in [0.15, 0.2) is 0 Å². The van der Waals surface area contributed by atoms with Crippen LogP contribution in [-0.2, 0) is 17.8 Å². The molecular formula is C20H23ClN4O. The van der Waals surface area contributed by atoms with Gasteiger partial charge in [0.2, 0.25) is 0 Å². The fourth-order valence-electron chi connectivity index (χ4n) is 3.75. The third-order valence-electron chi connectivity index (χ3n) is 5.08. The first-order valence-electron chi connectivity index (χ1n) is 9.14. The first-order chi connectivity index (χ1) is 12.8. The summed E-state index contributed by atoms with van der Waals surface area (Å²) in [6.07, 6.45) is 4.85. The molecule has 5 nitrogen and oxygen atoms in total. The van der Waals surface area contributed by atoms with Crippen LogP contribution < -0.4 is 5.32 Å². The zero-order chi connectivity index (χ0) is 17.9. The van der Waals surface area contributed by atoms with Crippen LogP contribution in [-0.4, -0.2) is 27.9 Å². The fourth-order valence-corrected chi connectivity index (χ4v) is 3.97. The van der Waals surface area contributed by atoms with Gasteiger partial charge in [-0.3, -0.25) is 9.67 Å². The van der Waals surface area contributed by atoms with Crippen LogP contribution in [0, 0.1) is 5.92 Å². The summed E-state index contributed by atoms with van der Waals surface area (Å²) in [6.45, 7) is 5.44. The Balaban J connectivity index is 1.44. The van der Waals surface area contributed by atoms with E-state index in [1.54, 1.807) is 0 Å². The minimum absolute atomic E-state index is 0.116. The van der Waals surface area contributed by atoms with Crippen LogP contribution in [0.1, 0.15) is 30.7 Å². The number of pyridine rings is 1. The van der Waals surface area contributed by atoms with Gasteiger partial charge in [0.05, 0.1) is 11.2 Å². The maximum absolute atomic E-state index is 6.29. The van der Waals surface area contributed by atoms with E-state index in [-0.39, 0.29) is 6.10 Å². The number of aromatic nitrogens is 3. The van der Waals surface area contributed by atoms with Crippen molar-refractivity contribution in [3.63, 3.8) is 0 Å². The summed E-state index contributed by atoms with van der Waals surface area (Å²) in [7, 11) is 0. The molecule has 136 valence electrons. The molecule has 1 fully saturated rings. The number of nitrogens with zero attached hydrogens (tertiary/aromatic N) is 3. The monoisotopic (exact) mass is 370 g/mol. The van der Waals surface area contributed by atoms with E-state index in [2.05, 4.69) is 34.5 Å². The third kappa shape index (κ3) is 3.34. The molecule has 4 rings (SSSR count). The van der Waals surface area contributed by atoms with Gasteiger partial charge >= 0.3 is 0 Å². The van der Waals surface area contributed by atoms with Crippen molar-refractivity contribution in [2.24, 2.45) is 5.92 Å². The number of ether oxygens (including phenoxy) is 1. The molecule has 2 atom stereocenters. The zero-order valence-electron chi connectivity index (χ0n) is 14.9. The summed E-state index contributed by atoms with van der Waals surface area (Å²) in [5.41, 5.74) is 3.31. The largest absolute Gasteiger partial charge is 0.372 e. The lowest BCUT2D eigenvalue weighted by Gasteiger charge is -2.20. The van der Waals surface area contributed by atoms with Crippen molar-refractivity contribution < 1.29 is 4.74 Å². The van der Waals surface area contributed by atoms with E-state index in [0.717, 1.165) is 48.6 Å². The highest BCUT2D eigenvalue weighted by molar-refractivity contribution is 6.35. The first kappa shape index (κ1) is 17.5.